The molecule has 1 aliphatic heterocycles. The molecule has 3 aromatic rings. The molecule has 1 fully saturated rings. The quantitative estimate of drug-likeness (QED) is 0.478. The topological polar surface area (TPSA) is 45.8 Å². The van der Waals surface area contributed by atoms with Crippen molar-refractivity contribution in [1.29, 1.82) is 0 Å². The van der Waals surface area contributed by atoms with Crippen LogP contribution in [0.5, 0.6) is 11.5 Å². The highest BCUT2D eigenvalue weighted by Crippen LogP contribution is 2.35. The van der Waals surface area contributed by atoms with Gasteiger partial charge in [0.25, 0.3) is 0 Å². The van der Waals surface area contributed by atoms with Gasteiger partial charge in [-0.1, -0.05) is 38.1 Å². The monoisotopic (exact) mass is 451 g/mol. The molecule has 1 aliphatic rings. The van der Waals surface area contributed by atoms with E-state index in [0.29, 0.717) is 0 Å². The van der Waals surface area contributed by atoms with Crippen molar-refractivity contribution in [3.63, 3.8) is 0 Å². The number of rotatable bonds is 8. The number of hydrogen-bond donors (Lipinski definition) is 2. The number of ether oxygens (including phenoxy) is 2. The summed E-state index contributed by atoms with van der Waals surface area (Å²) in [6.07, 6.45) is 0. The number of anilines is 1. The van der Waals surface area contributed by atoms with Crippen LogP contribution in [0.3, 0.4) is 0 Å². The van der Waals surface area contributed by atoms with Gasteiger partial charge in [-0.25, -0.2) is 0 Å². The van der Waals surface area contributed by atoms with E-state index in [1.165, 1.54) is 26.9 Å². The van der Waals surface area contributed by atoms with E-state index < -0.39 is 0 Å². The van der Waals surface area contributed by atoms with Gasteiger partial charge in [-0.3, -0.25) is 4.72 Å². The molecule has 2 N–H and O–H groups in total. The van der Waals surface area contributed by atoms with Crippen LogP contribution < -0.4 is 24.4 Å². The van der Waals surface area contributed by atoms with Gasteiger partial charge in [0.2, 0.25) is 0 Å². The van der Waals surface area contributed by atoms with Crippen LogP contribution >= 0.6 is 11.9 Å². The molecule has 4 rings (SSSR count). The Balaban J connectivity index is 1.49. The predicted octanol–water partition coefficient (Wildman–Crippen LogP) is 4.84. The number of fused-ring (bicyclic) bond motifs is 1. The Kier molecular flexibility index (Phi) is 7.13. The van der Waals surface area contributed by atoms with Gasteiger partial charge in [0.15, 0.2) is 0 Å². The first kappa shape index (κ1) is 22.8. The van der Waals surface area contributed by atoms with Crippen molar-refractivity contribution in [3.8, 4) is 11.5 Å². The third kappa shape index (κ3) is 4.98. The lowest BCUT2D eigenvalue weighted by Gasteiger charge is -2.31. The van der Waals surface area contributed by atoms with Crippen LogP contribution in [-0.2, 0) is 5.41 Å². The van der Waals surface area contributed by atoms with Gasteiger partial charge in [0, 0.05) is 43.0 Å². The van der Waals surface area contributed by atoms with E-state index in [9.17, 15) is 0 Å². The molecule has 0 unspecified atom stereocenters. The summed E-state index contributed by atoms with van der Waals surface area (Å²) in [5, 5.41) is 5.90. The first-order valence-corrected chi connectivity index (χ1v) is 11.9. The highest BCUT2D eigenvalue weighted by atomic mass is 32.2. The minimum Gasteiger partial charge on any atom is -0.497 e. The normalized spacial score (nSPS) is 14.6. The Morgan fingerprint density at radius 3 is 2.56 bits per heavy atom. The van der Waals surface area contributed by atoms with Crippen LogP contribution in [0.4, 0.5) is 5.69 Å². The molecule has 32 heavy (non-hydrogen) atoms. The van der Waals surface area contributed by atoms with Gasteiger partial charge in [-0.15, -0.1) is 0 Å². The Morgan fingerprint density at radius 2 is 1.81 bits per heavy atom. The van der Waals surface area contributed by atoms with E-state index in [2.05, 4.69) is 77.3 Å². The Bertz CT molecular complexity index is 1060. The molecule has 0 saturated carbocycles. The van der Waals surface area contributed by atoms with Gasteiger partial charge in [-0.05, 0) is 58.6 Å². The van der Waals surface area contributed by atoms with Gasteiger partial charge in [0.05, 0.1) is 19.9 Å². The molecule has 0 amide bonds. The summed E-state index contributed by atoms with van der Waals surface area (Å²) in [6.45, 7) is 9.41. The lowest BCUT2D eigenvalue weighted by molar-refractivity contribution is 0.412. The molecule has 1 heterocycles. The molecule has 0 bridgehead atoms. The minimum atomic E-state index is -0.0489. The highest BCUT2D eigenvalue weighted by Gasteiger charge is 2.23. The van der Waals surface area contributed by atoms with Crippen molar-refractivity contribution < 1.29 is 9.47 Å². The summed E-state index contributed by atoms with van der Waals surface area (Å²) in [4.78, 5) is 3.59. The van der Waals surface area contributed by atoms with Crippen LogP contribution in [0.1, 0.15) is 19.4 Å². The second-order valence-electron chi connectivity index (χ2n) is 8.77. The minimum absolute atomic E-state index is 0.0489. The van der Waals surface area contributed by atoms with E-state index in [0.717, 1.165) is 44.2 Å². The van der Waals surface area contributed by atoms with Crippen molar-refractivity contribution in [2.75, 3.05) is 51.8 Å². The van der Waals surface area contributed by atoms with Crippen molar-refractivity contribution in [3.05, 3.63) is 60.2 Å². The number of methoxy groups -OCH3 is 2. The molecule has 3 aromatic carbocycles. The number of nitrogens with one attached hydrogen (secondary N) is 2. The lowest BCUT2D eigenvalue weighted by atomic mass is 9.82. The standard InChI is InChI=1S/C26H33N3O2S/c1-26(2,23-7-5-6-19-8-9-20(30-3)16-22(19)23)18-28-32-21-10-11-25(31-4)24(17-21)29-14-12-27-13-15-29/h5-11,16-17,27-28H,12-15,18H2,1-4H3. The molecular weight excluding hydrogens is 418 g/mol. The van der Waals surface area contributed by atoms with Crippen LogP contribution in [0.25, 0.3) is 10.8 Å². The average Bonchev–Trinajstić information content (AvgIpc) is 2.83. The van der Waals surface area contributed by atoms with E-state index >= 15 is 0 Å². The summed E-state index contributed by atoms with van der Waals surface area (Å²) in [7, 11) is 3.46. The molecule has 170 valence electrons. The maximum atomic E-state index is 5.63. The fourth-order valence-electron chi connectivity index (χ4n) is 4.25. The summed E-state index contributed by atoms with van der Waals surface area (Å²) in [5.41, 5.74) is 2.44. The van der Waals surface area contributed by atoms with E-state index in [1.54, 1.807) is 26.2 Å². The fourth-order valence-corrected chi connectivity index (χ4v) is 5.16. The van der Waals surface area contributed by atoms with E-state index in [4.69, 9.17) is 9.47 Å². The molecule has 0 aromatic heterocycles. The second kappa shape index (κ2) is 10.0. The Morgan fingerprint density at radius 1 is 1.00 bits per heavy atom. The Labute approximate surface area is 195 Å². The van der Waals surface area contributed by atoms with E-state index in [1.807, 2.05) is 6.07 Å². The SMILES string of the molecule is COc1ccc2cccc(C(C)(C)CNSc3ccc(OC)c(N4CCNCC4)c3)c2c1. The highest BCUT2D eigenvalue weighted by molar-refractivity contribution is 7.97. The summed E-state index contributed by atoms with van der Waals surface area (Å²) in [5.74, 6) is 1.82. The smallest absolute Gasteiger partial charge is 0.142 e. The van der Waals surface area contributed by atoms with Gasteiger partial charge >= 0.3 is 0 Å². The number of hydrogen-bond acceptors (Lipinski definition) is 6. The number of benzene rings is 3. The molecule has 0 aliphatic carbocycles. The molecular formula is C26H33N3O2S. The molecule has 5 nitrogen and oxygen atoms in total. The second-order valence-corrected chi connectivity index (χ2v) is 9.73. The van der Waals surface area contributed by atoms with Crippen molar-refractivity contribution >= 4 is 28.4 Å². The van der Waals surface area contributed by atoms with Gasteiger partial charge < -0.3 is 19.7 Å². The van der Waals surface area contributed by atoms with Crippen molar-refractivity contribution in [1.82, 2.24) is 10.0 Å². The summed E-state index contributed by atoms with van der Waals surface area (Å²) >= 11 is 1.68. The summed E-state index contributed by atoms with van der Waals surface area (Å²) in [6, 6.07) is 19.2. The van der Waals surface area contributed by atoms with Gasteiger partial charge in [0.1, 0.15) is 11.5 Å². The van der Waals surface area contributed by atoms with Crippen molar-refractivity contribution in [2.45, 2.75) is 24.2 Å². The maximum absolute atomic E-state index is 5.63. The zero-order valence-corrected chi connectivity index (χ0v) is 20.2. The Hall–Kier alpha value is -2.41. The molecule has 0 spiro atoms. The number of nitrogens with zero attached hydrogens (tertiary/aromatic N) is 1. The zero-order chi connectivity index (χ0) is 22.6. The number of piperazine rings is 1. The molecule has 6 heteroatoms. The maximum Gasteiger partial charge on any atom is 0.142 e. The summed E-state index contributed by atoms with van der Waals surface area (Å²) < 4.78 is 14.7. The van der Waals surface area contributed by atoms with Crippen LogP contribution in [0, 0.1) is 0 Å². The first-order valence-electron chi connectivity index (χ1n) is 11.1. The average molecular weight is 452 g/mol. The molecule has 1 saturated heterocycles. The van der Waals surface area contributed by atoms with Crippen LogP contribution in [0.15, 0.2) is 59.5 Å². The third-order valence-electron chi connectivity index (χ3n) is 6.13. The zero-order valence-electron chi connectivity index (χ0n) is 19.4. The van der Waals surface area contributed by atoms with Crippen LogP contribution in [0.2, 0.25) is 0 Å². The van der Waals surface area contributed by atoms with Crippen molar-refractivity contribution in [2.24, 2.45) is 0 Å². The first-order chi connectivity index (χ1) is 15.5. The third-order valence-corrected chi connectivity index (χ3v) is 6.91. The molecule has 0 radical (unpaired) electrons. The fraction of sp³-hybridized carbons (Fsp3) is 0.385. The predicted molar refractivity (Wildman–Crippen MR) is 135 cm³/mol. The van der Waals surface area contributed by atoms with Gasteiger partial charge in [-0.2, -0.15) is 0 Å². The lowest BCUT2D eigenvalue weighted by Crippen LogP contribution is -2.43. The van der Waals surface area contributed by atoms with Crippen LogP contribution in [-0.4, -0.2) is 46.9 Å². The molecule has 0 atom stereocenters. The van der Waals surface area contributed by atoms with E-state index in [-0.39, 0.29) is 5.41 Å². The largest absolute Gasteiger partial charge is 0.497 e.